The molecule has 19 heavy (non-hydrogen) atoms. The van der Waals surface area contributed by atoms with Crippen LogP contribution < -0.4 is 5.32 Å². The van der Waals surface area contributed by atoms with Crippen molar-refractivity contribution in [2.24, 2.45) is 5.41 Å². The molecule has 3 rings (SSSR count). The second-order valence-electron chi connectivity index (χ2n) is 5.77. The summed E-state index contributed by atoms with van der Waals surface area (Å²) in [4.78, 5) is 15.3. The second-order valence-corrected chi connectivity index (χ2v) is 5.77. The van der Waals surface area contributed by atoms with E-state index in [1.807, 2.05) is 24.3 Å². The molecule has 0 bridgehead atoms. The van der Waals surface area contributed by atoms with Crippen LogP contribution >= 0.6 is 0 Å². The molecule has 0 aliphatic heterocycles. The van der Waals surface area contributed by atoms with Crippen molar-refractivity contribution in [1.82, 2.24) is 4.98 Å². The molecular formula is C15H16N2O2. The molecule has 98 valence electrons. The van der Waals surface area contributed by atoms with Gasteiger partial charge >= 0.3 is 5.97 Å². The Morgan fingerprint density at radius 1 is 1.42 bits per heavy atom. The van der Waals surface area contributed by atoms with Gasteiger partial charge in [0.2, 0.25) is 0 Å². The van der Waals surface area contributed by atoms with Crippen LogP contribution in [0.4, 0.5) is 5.69 Å². The summed E-state index contributed by atoms with van der Waals surface area (Å²) in [5.41, 5.74) is 1.94. The molecule has 2 aromatic rings. The lowest BCUT2D eigenvalue weighted by Gasteiger charge is -2.12. The van der Waals surface area contributed by atoms with Gasteiger partial charge in [-0.1, -0.05) is 32.0 Å². The molecular weight excluding hydrogens is 240 g/mol. The average Bonchev–Trinajstić information content (AvgIpc) is 2.96. The zero-order valence-corrected chi connectivity index (χ0v) is 11.0. The van der Waals surface area contributed by atoms with Crippen LogP contribution in [0.2, 0.25) is 0 Å². The fraction of sp³-hybridized carbons (Fsp3) is 0.333. The number of pyridine rings is 1. The summed E-state index contributed by atoms with van der Waals surface area (Å²) < 4.78 is 0. The van der Waals surface area contributed by atoms with Crippen molar-refractivity contribution in [1.29, 1.82) is 0 Å². The minimum absolute atomic E-state index is 0.0830. The third-order valence-electron chi connectivity index (χ3n) is 3.78. The lowest BCUT2D eigenvalue weighted by atomic mass is 10.1. The topological polar surface area (TPSA) is 62.2 Å². The summed E-state index contributed by atoms with van der Waals surface area (Å²) in [7, 11) is 0. The van der Waals surface area contributed by atoms with Crippen molar-refractivity contribution in [3.05, 3.63) is 36.0 Å². The Labute approximate surface area is 111 Å². The third kappa shape index (κ3) is 2.14. The second kappa shape index (κ2) is 3.95. The van der Waals surface area contributed by atoms with E-state index in [1.54, 1.807) is 6.07 Å². The highest BCUT2D eigenvalue weighted by molar-refractivity contribution is 5.97. The number of anilines is 1. The molecule has 0 spiro atoms. The Morgan fingerprint density at radius 3 is 2.74 bits per heavy atom. The summed E-state index contributed by atoms with van der Waals surface area (Å²) in [5, 5.41) is 13.5. The van der Waals surface area contributed by atoms with E-state index in [2.05, 4.69) is 24.1 Å². The molecule has 0 amide bonds. The molecule has 1 unspecified atom stereocenters. The Balaban J connectivity index is 2.07. The summed E-state index contributed by atoms with van der Waals surface area (Å²) in [5.74, 6) is -0.996. The maximum Gasteiger partial charge on any atom is 0.354 e. The highest BCUT2D eigenvalue weighted by Crippen LogP contribution is 2.47. The quantitative estimate of drug-likeness (QED) is 0.885. The fourth-order valence-corrected chi connectivity index (χ4v) is 2.31. The van der Waals surface area contributed by atoms with Crippen molar-refractivity contribution in [3.8, 4) is 0 Å². The van der Waals surface area contributed by atoms with E-state index >= 15 is 0 Å². The van der Waals surface area contributed by atoms with Crippen LogP contribution in [0, 0.1) is 5.41 Å². The van der Waals surface area contributed by atoms with Crippen LogP contribution in [0.25, 0.3) is 10.9 Å². The highest BCUT2D eigenvalue weighted by Gasteiger charge is 2.45. The Bertz CT molecular complexity index is 664. The van der Waals surface area contributed by atoms with Crippen molar-refractivity contribution in [3.63, 3.8) is 0 Å². The molecule has 1 heterocycles. The number of nitrogens with zero attached hydrogens (tertiary/aromatic N) is 1. The van der Waals surface area contributed by atoms with Gasteiger partial charge in [-0.15, -0.1) is 0 Å². The van der Waals surface area contributed by atoms with E-state index in [0.717, 1.165) is 17.5 Å². The minimum atomic E-state index is -0.996. The summed E-state index contributed by atoms with van der Waals surface area (Å²) in [6.45, 7) is 4.40. The van der Waals surface area contributed by atoms with E-state index in [-0.39, 0.29) is 11.1 Å². The number of para-hydroxylation sites is 1. The molecule has 0 saturated heterocycles. The smallest absolute Gasteiger partial charge is 0.354 e. The third-order valence-corrected chi connectivity index (χ3v) is 3.78. The van der Waals surface area contributed by atoms with Gasteiger partial charge in [-0.05, 0) is 24.0 Å². The van der Waals surface area contributed by atoms with Crippen LogP contribution in [-0.4, -0.2) is 22.1 Å². The van der Waals surface area contributed by atoms with Gasteiger partial charge in [0.1, 0.15) is 0 Å². The first-order valence-corrected chi connectivity index (χ1v) is 6.37. The Morgan fingerprint density at radius 2 is 2.11 bits per heavy atom. The summed E-state index contributed by atoms with van der Waals surface area (Å²) >= 11 is 0. The van der Waals surface area contributed by atoms with Crippen LogP contribution in [0.1, 0.15) is 30.8 Å². The first-order valence-electron chi connectivity index (χ1n) is 6.37. The van der Waals surface area contributed by atoms with Gasteiger partial charge in [0, 0.05) is 17.1 Å². The minimum Gasteiger partial charge on any atom is -0.477 e. The van der Waals surface area contributed by atoms with Gasteiger partial charge in [-0.2, -0.15) is 0 Å². The van der Waals surface area contributed by atoms with Gasteiger partial charge in [0.05, 0.1) is 5.52 Å². The lowest BCUT2D eigenvalue weighted by Crippen LogP contribution is -2.10. The number of carboxylic acids is 1. The number of aromatic carboxylic acids is 1. The Kier molecular flexibility index (Phi) is 2.49. The maximum atomic E-state index is 11.1. The number of nitrogens with one attached hydrogen (secondary N) is 1. The molecule has 1 aliphatic carbocycles. The first kappa shape index (κ1) is 12.0. The molecule has 1 aliphatic rings. The molecule has 1 saturated carbocycles. The SMILES string of the molecule is CC1(C)CC1Nc1cc(C(=O)O)nc2ccccc12. The number of fused-ring (bicyclic) bond motifs is 1. The number of rotatable bonds is 3. The van der Waals surface area contributed by atoms with Gasteiger partial charge in [0.15, 0.2) is 5.69 Å². The largest absolute Gasteiger partial charge is 0.477 e. The zero-order chi connectivity index (χ0) is 13.6. The Hall–Kier alpha value is -2.10. The molecule has 1 fully saturated rings. The monoisotopic (exact) mass is 256 g/mol. The number of hydrogen-bond donors (Lipinski definition) is 2. The van der Waals surface area contributed by atoms with Gasteiger partial charge in [-0.3, -0.25) is 0 Å². The number of carboxylic acid groups (broad SMARTS) is 1. The zero-order valence-electron chi connectivity index (χ0n) is 11.0. The van der Waals surface area contributed by atoms with Gasteiger partial charge in [0.25, 0.3) is 0 Å². The molecule has 1 aromatic heterocycles. The number of carbonyl (C=O) groups is 1. The molecule has 1 atom stereocenters. The van der Waals surface area contributed by atoms with Crippen molar-refractivity contribution in [2.45, 2.75) is 26.3 Å². The standard InChI is InChI=1S/C15H16N2O2/c1-15(2)8-13(15)17-11-7-12(14(18)19)16-10-6-4-3-5-9(10)11/h3-7,13H,8H2,1-2H3,(H,16,17)(H,18,19). The van der Waals surface area contributed by atoms with Crippen molar-refractivity contribution < 1.29 is 9.90 Å². The number of hydrogen-bond acceptors (Lipinski definition) is 3. The van der Waals surface area contributed by atoms with Crippen LogP contribution in [0.3, 0.4) is 0 Å². The van der Waals surface area contributed by atoms with E-state index in [0.29, 0.717) is 11.6 Å². The average molecular weight is 256 g/mol. The summed E-state index contributed by atoms with van der Waals surface area (Å²) in [6.07, 6.45) is 1.10. The molecule has 4 heteroatoms. The number of aromatic nitrogens is 1. The van der Waals surface area contributed by atoms with Gasteiger partial charge in [-0.25, -0.2) is 9.78 Å². The normalized spacial score (nSPS) is 20.2. The lowest BCUT2D eigenvalue weighted by molar-refractivity contribution is 0.0691. The van der Waals surface area contributed by atoms with Gasteiger partial charge < -0.3 is 10.4 Å². The molecule has 0 radical (unpaired) electrons. The molecule has 4 nitrogen and oxygen atoms in total. The number of benzene rings is 1. The van der Waals surface area contributed by atoms with Crippen LogP contribution in [-0.2, 0) is 0 Å². The van der Waals surface area contributed by atoms with Crippen LogP contribution in [0.15, 0.2) is 30.3 Å². The predicted octanol–water partition coefficient (Wildman–Crippen LogP) is 3.14. The van der Waals surface area contributed by atoms with E-state index < -0.39 is 5.97 Å². The predicted molar refractivity (Wildman–Crippen MR) is 74.5 cm³/mol. The fourth-order valence-electron chi connectivity index (χ4n) is 2.31. The first-order chi connectivity index (χ1) is 8.97. The maximum absolute atomic E-state index is 11.1. The molecule has 2 N–H and O–H groups in total. The highest BCUT2D eigenvalue weighted by atomic mass is 16.4. The van der Waals surface area contributed by atoms with E-state index in [1.165, 1.54) is 0 Å². The van der Waals surface area contributed by atoms with Crippen LogP contribution in [0.5, 0.6) is 0 Å². The van der Waals surface area contributed by atoms with E-state index in [4.69, 9.17) is 5.11 Å². The van der Waals surface area contributed by atoms with Crippen molar-refractivity contribution >= 4 is 22.6 Å². The van der Waals surface area contributed by atoms with E-state index in [9.17, 15) is 4.79 Å². The summed E-state index contributed by atoms with van der Waals surface area (Å²) in [6, 6.07) is 9.63. The molecule has 1 aromatic carbocycles. The van der Waals surface area contributed by atoms with Crippen molar-refractivity contribution in [2.75, 3.05) is 5.32 Å².